The highest BCUT2D eigenvalue weighted by atomic mass is 16.5. The van der Waals surface area contributed by atoms with Crippen LogP contribution in [0.3, 0.4) is 0 Å². The number of hydrogen-bond acceptors (Lipinski definition) is 1. The van der Waals surface area contributed by atoms with E-state index >= 15 is 0 Å². The molecule has 4 aromatic rings. The Balaban J connectivity index is 1.67. The first kappa shape index (κ1) is 20.8. The van der Waals surface area contributed by atoms with Gasteiger partial charge < -0.3 is 4.74 Å². The Labute approximate surface area is 195 Å². The summed E-state index contributed by atoms with van der Waals surface area (Å²) in [5.74, 6) is 7.72. The molecule has 0 saturated carbocycles. The lowest BCUT2D eigenvalue weighted by molar-refractivity contribution is -0.774. The van der Waals surface area contributed by atoms with Gasteiger partial charge in [-0.1, -0.05) is 90.7 Å². The van der Waals surface area contributed by atoms with Gasteiger partial charge in [0.25, 0.3) is 5.72 Å². The predicted octanol–water partition coefficient (Wildman–Crippen LogP) is 5.52. The molecule has 2 N–H and O–H groups in total. The van der Waals surface area contributed by atoms with Gasteiger partial charge in [0.1, 0.15) is 12.3 Å². The maximum atomic E-state index is 6.84. The van der Waals surface area contributed by atoms with Gasteiger partial charge in [-0.25, -0.2) is 0 Å². The molecule has 1 aliphatic heterocycles. The minimum absolute atomic E-state index is 0.702. The van der Waals surface area contributed by atoms with E-state index in [-0.39, 0.29) is 0 Å². The summed E-state index contributed by atoms with van der Waals surface area (Å²) >= 11 is 0. The van der Waals surface area contributed by atoms with Gasteiger partial charge in [0, 0.05) is 22.3 Å². The Morgan fingerprint density at radius 1 is 0.697 bits per heavy atom. The van der Waals surface area contributed by atoms with Crippen LogP contribution in [-0.2, 0) is 12.3 Å². The standard InChI is InChI=1S/C31H25NO/c1-24-28(22-21-25-13-5-2-6-14-25)29-19-11-12-20-30(29)33-31(24,27-17-9-4-10-18-27)32-23-26-15-7-3-8-16-26/h2-20,32H,23H2,1H3/p+1/t31-/m1/s1. The molecule has 2 nitrogen and oxygen atoms in total. The van der Waals surface area contributed by atoms with Crippen LogP contribution in [0, 0.1) is 11.8 Å². The van der Waals surface area contributed by atoms with Crippen molar-refractivity contribution >= 4 is 5.57 Å². The fourth-order valence-electron chi connectivity index (χ4n) is 4.37. The second-order valence-corrected chi connectivity index (χ2v) is 8.21. The highest BCUT2D eigenvalue weighted by molar-refractivity contribution is 5.87. The topological polar surface area (TPSA) is 25.8 Å². The summed E-state index contributed by atoms with van der Waals surface area (Å²) in [6, 6.07) is 39.3. The monoisotopic (exact) mass is 428 g/mol. The summed E-state index contributed by atoms with van der Waals surface area (Å²) < 4.78 is 6.84. The lowest BCUT2D eigenvalue weighted by Gasteiger charge is -2.37. The van der Waals surface area contributed by atoms with Crippen LogP contribution in [0.5, 0.6) is 5.75 Å². The predicted molar refractivity (Wildman–Crippen MR) is 133 cm³/mol. The molecule has 2 heteroatoms. The van der Waals surface area contributed by atoms with Crippen LogP contribution in [0.2, 0.25) is 0 Å². The van der Waals surface area contributed by atoms with Crippen molar-refractivity contribution in [3.05, 3.63) is 143 Å². The normalized spacial score (nSPS) is 16.9. The quantitative estimate of drug-likeness (QED) is 0.426. The molecule has 33 heavy (non-hydrogen) atoms. The molecule has 0 fully saturated rings. The van der Waals surface area contributed by atoms with Crippen molar-refractivity contribution in [1.29, 1.82) is 0 Å². The van der Waals surface area contributed by atoms with Crippen LogP contribution < -0.4 is 10.1 Å². The summed E-state index contributed by atoms with van der Waals surface area (Å²) in [6.07, 6.45) is 0. The van der Waals surface area contributed by atoms with Crippen LogP contribution in [0.25, 0.3) is 5.57 Å². The third kappa shape index (κ3) is 4.20. The molecule has 160 valence electrons. The largest absolute Gasteiger partial charge is 0.432 e. The van der Waals surface area contributed by atoms with E-state index in [0.29, 0.717) is 0 Å². The third-order valence-corrected chi connectivity index (χ3v) is 6.14. The van der Waals surface area contributed by atoms with Gasteiger partial charge in [-0.2, -0.15) is 0 Å². The highest BCUT2D eigenvalue weighted by Crippen LogP contribution is 2.42. The summed E-state index contributed by atoms with van der Waals surface area (Å²) in [7, 11) is 0. The van der Waals surface area contributed by atoms with Crippen LogP contribution in [0.15, 0.2) is 121 Å². The fourth-order valence-corrected chi connectivity index (χ4v) is 4.37. The molecule has 0 unspecified atom stereocenters. The van der Waals surface area contributed by atoms with Gasteiger partial charge in [0.05, 0.1) is 11.1 Å². The molecule has 4 aromatic carbocycles. The molecule has 1 atom stereocenters. The van der Waals surface area contributed by atoms with E-state index in [1.807, 2.05) is 60.7 Å². The van der Waals surface area contributed by atoms with E-state index in [4.69, 9.17) is 4.74 Å². The lowest BCUT2D eigenvalue weighted by atomic mass is 9.85. The van der Waals surface area contributed by atoms with Gasteiger partial charge in [-0.15, -0.1) is 0 Å². The van der Waals surface area contributed by atoms with E-state index in [1.165, 1.54) is 5.56 Å². The maximum absolute atomic E-state index is 6.84. The third-order valence-electron chi connectivity index (χ3n) is 6.14. The molecule has 1 heterocycles. The van der Waals surface area contributed by atoms with Gasteiger partial charge in [0.2, 0.25) is 0 Å². The Hall–Kier alpha value is -4.06. The summed E-state index contributed by atoms with van der Waals surface area (Å²) in [5.41, 5.74) is 5.82. The van der Waals surface area contributed by atoms with Crippen molar-refractivity contribution in [3.63, 3.8) is 0 Å². The van der Waals surface area contributed by atoms with E-state index in [9.17, 15) is 0 Å². The number of nitrogens with two attached hydrogens (primary N) is 1. The van der Waals surface area contributed by atoms with Crippen LogP contribution in [0.4, 0.5) is 0 Å². The minimum atomic E-state index is -0.702. The SMILES string of the molecule is CC1=C(C#Cc2ccccc2)c2ccccc2O[C@@]1([NH2+]Cc1ccccc1)c1ccccc1. The van der Waals surface area contributed by atoms with E-state index in [2.05, 4.69) is 78.7 Å². The Bertz CT molecular complexity index is 1330. The zero-order valence-electron chi connectivity index (χ0n) is 18.7. The Morgan fingerprint density at radius 3 is 2.03 bits per heavy atom. The average Bonchev–Trinajstić information content (AvgIpc) is 2.89. The van der Waals surface area contributed by atoms with Gasteiger partial charge in [0.15, 0.2) is 0 Å². The molecular formula is C31H26NO+. The molecule has 0 aliphatic carbocycles. The first-order valence-corrected chi connectivity index (χ1v) is 11.3. The number of quaternary nitrogens is 1. The van der Waals surface area contributed by atoms with Crippen molar-refractivity contribution in [2.24, 2.45) is 0 Å². The molecule has 0 saturated heterocycles. The lowest BCUT2D eigenvalue weighted by Crippen LogP contribution is -2.96. The number of benzene rings is 4. The van der Waals surface area contributed by atoms with Crippen LogP contribution in [0.1, 0.15) is 29.2 Å². The Morgan fingerprint density at radius 2 is 1.30 bits per heavy atom. The number of ether oxygens (including phenoxy) is 1. The smallest absolute Gasteiger partial charge is 0.291 e. The first-order valence-electron chi connectivity index (χ1n) is 11.3. The molecule has 0 radical (unpaired) electrons. The second kappa shape index (κ2) is 9.20. The van der Waals surface area contributed by atoms with Gasteiger partial charge in [-0.3, -0.25) is 5.32 Å². The number of fused-ring (bicyclic) bond motifs is 1. The van der Waals surface area contributed by atoms with Crippen LogP contribution in [-0.4, -0.2) is 0 Å². The van der Waals surface area contributed by atoms with Gasteiger partial charge in [-0.05, 0) is 43.3 Å². The van der Waals surface area contributed by atoms with Crippen molar-refractivity contribution in [3.8, 4) is 17.6 Å². The van der Waals surface area contributed by atoms with Crippen LogP contribution >= 0.6 is 0 Å². The number of rotatable bonds is 4. The average molecular weight is 429 g/mol. The fraction of sp³-hybridized carbons (Fsp3) is 0.0968. The maximum Gasteiger partial charge on any atom is 0.291 e. The number of hydrogen-bond donors (Lipinski definition) is 1. The van der Waals surface area contributed by atoms with Crippen molar-refractivity contribution < 1.29 is 10.1 Å². The minimum Gasteiger partial charge on any atom is -0.432 e. The number of para-hydroxylation sites is 1. The Kier molecular flexibility index (Phi) is 5.81. The summed E-state index contributed by atoms with van der Waals surface area (Å²) in [5, 5.41) is 2.28. The molecular weight excluding hydrogens is 402 g/mol. The molecule has 5 rings (SSSR count). The zero-order chi connectivity index (χ0) is 22.5. The van der Waals surface area contributed by atoms with Crippen molar-refractivity contribution in [1.82, 2.24) is 0 Å². The van der Waals surface area contributed by atoms with E-state index in [0.717, 1.165) is 40.1 Å². The van der Waals surface area contributed by atoms with Crippen molar-refractivity contribution in [2.75, 3.05) is 0 Å². The van der Waals surface area contributed by atoms with Gasteiger partial charge >= 0.3 is 0 Å². The molecule has 0 spiro atoms. The summed E-state index contributed by atoms with van der Waals surface area (Å²) in [4.78, 5) is 0. The highest BCUT2D eigenvalue weighted by Gasteiger charge is 2.45. The molecule has 0 bridgehead atoms. The zero-order valence-corrected chi connectivity index (χ0v) is 18.7. The van der Waals surface area contributed by atoms with E-state index < -0.39 is 5.72 Å². The first-order chi connectivity index (χ1) is 16.3. The van der Waals surface area contributed by atoms with E-state index in [1.54, 1.807) is 0 Å². The second-order valence-electron chi connectivity index (χ2n) is 8.21. The molecule has 0 aromatic heterocycles. The molecule has 1 aliphatic rings. The molecule has 0 amide bonds. The number of allylic oxidation sites excluding steroid dienone is 1. The van der Waals surface area contributed by atoms with Crippen molar-refractivity contribution in [2.45, 2.75) is 19.2 Å². The summed E-state index contributed by atoms with van der Waals surface area (Å²) in [6.45, 7) is 2.94.